The minimum absolute atomic E-state index is 0.0926. The van der Waals surface area contributed by atoms with Crippen LogP contribution in [0, 0.1) is 5.82 Å². The molecule has 2 rings (SSSR count). The van der Waals surface area contributed by atoms with Crippen LogP contribution in [0.25, 0.3) is 5.69 Å². The van der Waals surface area contributed by atoms with Crippen LogP contribution in [0.4, 0.5) is 4.39 Å². The van der Waals surface area contributed by atoms with Crippen LogP contribution in [-0.4, -0.2) is 20.8 Å². The van der Waals surface area contributed by atoms with E-state index < -0.39 is 5.82 Å². The van der Waals surface area contributed by atoms with Crippen LogP contribution in [-0.2, 0) is 0 Å². The summed E-state index contributed by atoms with van der Waals surface area (Å²) < 4.78 is 13.5. The Morgan fingerprint density at radius 2 is 2.00 bits per heavy atom. The molecule has 0 unspecified atom stereocenters. The quantitative estimate of drug-likeness (QED) is 0.700. The fraction of sp³-hybridized carbons (Fsp3) is 0.100. The lowest BCUT2D eigenvalue weighted by Crippen LogP contribution is -2.08. The van der Waals surface area contributed by atoms with Gasteiger partial charge in [-0.1, -0.05) is 6.07 Å². The number of ketones is 1. The van der Waals surface area contributed by atoms with Crippen molar-refractivity contribution in [2.45, 2.75) is 6.92 Å². The van der Waals surface area contributed by atoms with E-state index in [1.54, 1.807) is 6.07 Å². The maximum Gasteiger partial charge on any atom is 0.162 e. The van der Waals surface area contributed by atoms with Crippen LogP contribution in [0.3, 0.4) is 0 Å². The van der Waals surface area contributed by atoms with E-state index in [9.17, 15) is 9.18 Å². The summed E-state index contributed by atoms with van der Waals surface area (Å²) in [6.45, 7) is 1.38. The molecule has 76 valence electrons. The molecule has 1 aromatic carbocycles. The average Bonchev–Trinajstić information content (AvgIpc) is 2.70. The van der Waals surface area contributed by atoms with Gasteiger partial charge in [0.05, 0.1) is 12.4 Å². The Morgan fingerprint density at radius 3 is 2.60 bits per heavy atom. The highest BCUT2D eigenvalue weighted by Crippen LogP contribution is 2.17. The number of rotatable bonds is 2. The van der Waals surface area contributed by atoms with Gasteiger partial charge in [0, 0.05) is 5.56 Å². The second-order valence-corrected chi connectivity index (χ2v) is 3.01. The molecule has 0 amide bonds. The summed E-state index contributed by atoms with van der Waals surface area (Å²) in [6, 6.07) is 4.30. The number of nitrogens with zero attached hydrogens (tertiary/aromatic N) is 3. The number of hydrogen-bond donors (Lipinski definition) is 0. The lowest BCUT2D eigenvalue weighted by Gasteiger charge is -2.06. The van der Waals surface area contributed by atoms with Crippen molar-refractivity contribution in [2.24, 2.45) is 0 Å². The third kappa shape index (κ3) is 1.63. The van der Waals surface area contributed by atoms with Crippen molar-refractivity contribution < 1.29 is 9.18 Å². The Morgan fingerprint density at radius 1 is 1.33 bits per heavy atom. The molecule has 0 aliphatic carbocycles. The maximum atomic E-state index is 13.5. The summed E-state index contributed by atoms with van der Waals surface area (Å²) in [5.41, 5.74) is 0.362. The predicted octanol–water partition coefficient (Wildman–Crippen LogP) is 1.61. The van der Waals surface area contributed by atoms with Gasteiger partial charge in [-0.05, 0) is 19.1 Å². The van der Waals surface area contributed by atoms with E-state index in [1.807, 2.05) is 0 Å². The van der Waals surface area contributed by atoms with Gasteiger partial charge >= 0.3 is 0 Å². The van der Waals surface area contributed by atoms with Gasteiger partial charge < -0.3 is 0 Å². The van der Waals surface area contributed by atoms with Gasteiger partial charge in [-0.15, -0.1) is 4.80 Å². The third-order valence-corrected chi connectivity index (χ3v) is 1.98. The number of halogens is 1. The molecule has 0 atom stereocenters. The Kier molecular flexibility index (Phi) is 2.29. The first kappa shape index (κ1) is 9.51. The molecule has 0 fully saturated rings. The number of carbonyl (C=O) groups is 1. The molecular weight excluding hydrogens is 197 g/mol. The van der Waals surface area contributed by atoms with Gasteiger partial charge in [0.15, 0.2) is 11.6 Å². The minimum atomic E-state index is -0.515. The molecule has 0 saturated carbocycles. The summed E-state index contributed by atoms with van der Waals surface area (Å²) in [5.74, 6) is -0.735. The molecule has 0 saturated heterocycles. The van der Waals surface area contributed by atoms with Crippen molar-refractivity contribution >= 4 is 5.78 Å². The molecule has 5 heteroatoms. The summed E-state index contributed by atoms with van der Waals surface area (Å²) in [5, 5.41) is 7.61. The van der Waals surface area contributed by atoms with Crippen molar-refractivity contribution in [3.63, 3.8) is 0 Å². The van der Waals surface area contributed by atoms with Gasteiger partial charge in [-0.25, -0.2) is 4.39 Å². The molecule has 0 aliphatic rings. The van der Waals surface area contributed by atoms with E-state index in [-0.39, 0.29) is 17.0 Å². The summed E-state index contributed by atoms with van der Waals surface area (Å²) in [4.78, 5) is 12.4. The summed E-state index contributed by atoms with van der Waals surface area (Å²) in [6.07, 6.45) is 2.85. The van der Waals surface area contributed by atoms with Crippen LogP contribution in [0.15, 0.2) is 30.6 Å². The van der Waals surface area contributed by atoms with Crippen molar-refractivity contribution in [1.82, 2.24) is 15.0 Å². The molecule has 0 spiro atoms. The Labute approximate surface area is 85.3 Å². The van der Waals surface area contributed by atoms with E-state index in [0.29, 0.717) is 0 Å². The molecule has 1 aromatic heterocycles. The average molecular weight is 205 g/mol. The minimum Gasteiger partial charge on any atom is -0.294 e. The lowest BCUT2D eigenvalue weighted by atomic mass is 10.1. The lowest BCUT2D eigenvalue weighted by molar-refractivity contribution is 0.101. The Hall–Kier alpha value is -2.04. The molecule has 0 bridgehead atoms. The SMILES string of the molecule is CC(=O)c1cccc(F)c1-n1nccn1. The molecule has 0 aliphatic heterocycles. The van der Waals surface area contributed by atoms with Crippen LogP contribution in [0.2, 0.25) is 0 Å². The topological polar surface area (TPSA) is 47.8 Å². The van der Waals surface area contributed by atoms with Crippen LogP contribution in [0.1, 0.15) is 17.3 Å². The van der Waals surface area contributed by atoms with Crippen LogP contribution in [0.5, 0.6) is 0 Å². The van der Waals surface area contributed by atoms with Gasteiger partial charge in [-0.2, -0.15) is 10.2 Å². The first-order chi connectivity index (χ1) is 7.20. The largest absolute Gasteiger partial charge is 0.294 e. The van der Waals surface area contributed by atoms with Crippen LogP contribution >= 0.6 is 0 Å². The zero-order chi connectivity index (χ0) is 10.8. The predicted molar refractivity (Wildman–Crippen MR) is 51.3 cm³/mol. The normalized spacial score (nSPS) is 10.3. The molecule has 1 heterocycles. The van der Waals surface area contributed by atoms with Crippen molar-refractivity contribution in [3.8, 4) is 5.69 Å². The van der Waals surface area contributed by atoms with Crippen molar-refractivity contribution in [3.05, 3.63) is 42.0 Å². The van der Waals surface area contributed by atoms with E-state index >= 15 is 0 Å². The van der Waals surface area contributed by atoms with E-state index in [1.165, 1.54) is 31.5 Å². The first-order valence-electron chi connectivity index (χ1n) is 4.36. The Balaban J connectivity index is 2.68. The monoisotopic (exact) mass is 205 g/mol. The number of carbonyl (C=O) groups excluding carboxylic acids is 1. The third-order valence-electron chi connectivity index (χ3n) is 1.98. The fourth-order valence-corrected chi connectivity index (χ4v) is 1.33. The zero-order valence-corrected chi connectivity index (χ0v) is 8.01. The standard InChI is InChI=1S/C10H8FN3O/c1-7(15)8-3-2-4-9(11)10(8)14-12-5-6-13-14/h2-6H,1H3. The summed E-state index contributed by atoms with van der Waals surface area (Å²) in [7, 11) is 0. The number of benzene rings is 1. The second kappa shape index (κ2) is 3.61. The van der Waals surface area contributed by atoms with Gasteiger partial charge in [0.25, 0.3) is 0 Å². The van der Waals surface area contributed by atoms with Crippen molar-refractivity contribution in [2.75, 3.05) is 0 Å². The van der Waals surface area contributed by atoms with Gasteiger partial charge in [0.2, 0.25) is 0 Å². The van der Waals surface area contributed by atoms with Crippen LogP contribution < -0.4 is 0 Å². The highest BCUT2D eigenvalue weighted by Gasteiger charge is 2.14. The zero-order valence-electron chi connectivity index (χ0n) is 8.01. The maximum absolute atomic E-state index is 13.5. The smallest absolute Gasteiger partial charge is 0.162 e. The molecule has 2 aromatic rings. The number of Topliss-reactive ketones (excluding diaryl/α,β-unsaturated/α-hetero) is 1. The van der Waals surface area contributed by atoms with Gasteiger partial charge in [0.1, 0.15) is 5.69 Å². The highest BCUT2D eigenvalue weighted by molar-refractivity contribution is 5.97. The molecule has 15 heavy (non-hydrogen) atoms. The Bertz CT molecular complexity index is 493. The molecule has 0 radical (unpaired) electrons. The highest BCUT2D eigenvalue weighted by atomic mass is 19.1. The first-order valence-corrected chi connectivity index (χ1v) is 4.36. The number of aromatic nitrogens is 3. The fourth-order valence-electron chi connectivity index (χ4n) is 1.33. The molecule has 4 nitrogen and oxygen atoms in total. The second-order valence-electron chi connectivity index (χ2n) is 3.01. The number of para-hydroxylation sites is 1. The van der Waals surface area contributed by atoms with Gasteiger partial charge in [-0.3, -0.25) is 4.79 Å². The van der Waals surface area contributed by atoms with E-state index in [0.717, 1.165) is 4.80 Å². The molecular formula is C10H8FN3O. The van der Waals surface area contributed by atoms with E-state index in [4.69, 9.17) is 0 Å². The van der Waals surface area contributed by atoms with Crippen molar-refractivity contribution in [1.29, 1.82) is 0 Å². The summed E-state index contributed by atoms with van der Waals surface area (Å²) >= 11 is 0. The molecule has 0 N–H and O–H groups in total. The van der Waals surface area contributed by atoms with E-state index in [2.05, 4.69) is 10.2 Å². The number of hydrogen-bond acceptors (Lipinski definition) is 3.